The second-order valence-corrected chi connectivity index (χ2v) is 8.82. The molecular formula is C21H25FN2O5S. The van der Waals surface area contributed by atoms with Crippen molar-refractivity contribution in [1.29, 1.82) is 0 Å². The van der Waals surface area contributed by atoms with Gasteiger partial charge in [0.25, 0.3) is 5.91 Å². The van der Waals surface area contributed by atoms with Crippen molar-refractivity contribution in [2.45, 2.75) is 37.7 Å². The van der Waals surface area contributed by atoms with Gasteiger partial charge in [0.2, 0.25) is 10.0 Å². The van der Waals surface area contributed by atoms with Crippen LogP contribution in [0.25, 0.3) is 0 Å². The maximum atomic E-state index is 13.0. The van der Waals surface area contributed by atoms with Gasteiger partial charge >= 0.3 is 0 Å². The fraction of sp³-hybridized carbons (Fsp3) is 0.381. The van der Waals surface area contributed by atoms with Crippen molar-refractivity contribution in [1.82, 2.24) is 4.31 Å². The van der Waals surface area contributed by atoms with Crippen molar-refractivity contribution >= 4 is 21.6 Å². The molecular weight excluding hydrogens is 411 g/mol. The number of sulfonamides is 1. The largest absolute Gasteiger partial charge is 0.492 e. The first-order chi connectivity index (χ1) is 14.3. The lowest BCUT2D eigenvalue weighted by atomic mass is 10.2. The van der Waals surface area contributed by atoms with E-state index in [1.54, 1.807) is 19.9 Å². The quantitative estimate of drug-likeness (QED) is 0.686. The van der Waals surface area contributed by atoms with Crippen molar-refractivity contribution < 1.29 is 27.1 Å². The van der Waals surface area contributed by atoms with Gasteiger partial charge in [-0.05, 0) is 69.2 Å². The minimum atomic E-state index is -3.73. The second kappa shape index (κ2) is 9.44. The number of halogens is 1. The summed E-state index contributed by atoms with van der Waals surface area (Å²) >= 11 is 0. The van der Waals surface area contributed by atoms with Gasteiger partial charge in [0.05, 0.1) is 6.61 Å². The van der Waals surface area contributed by atoms with Crippen LogP contribution in [-0.4, -0.2) is 44.4 Å². The molecule has 1 aliphatic heterocycles. The highest BCUT2D eigenvalue weighted by molar-refractivity contribution is 7.89. The number of nitrogens with zero attached hydrogens (tertiary/aromatic N) is 1. The highest BCUT2D eigenvalue weighted by Gasteiger charge is 2.30. The molecule has 1 N–H and O–H groups in total. The van der Waals surface area contributed by atoms with E-state index in [4.69, 9.17) is 9.47 Å². The van der Waals surface area contributed by atoms with Crippen LogP contribution in [0, 0.1) is 5.82 Å². The Hall–Kier alpha value is -2.65. The zero-order valence-electron chi connectivity index (χ0n) is 16.9. The number of carbonyl (C=O) groups is 1. The molecule has 3 rings (SSSR count). The summed E-state index contributed by atoms with van der Waals surface area (Å²) < 4.78 is 51.6. The van der Waals surface area contributed by atoms with Crippen molar-refractivity contribution in [3.05, 3.63) is 48.3 Å². The number of nitrogens with one attached hydrogen (secondary N) is 1. The Balaban J connectivity index is 1.78. The maximum absolute atomic E-state index is 13.0. The van der Waals surface area contributed by atoms with Crippen LogP contribution in [0.2, 0.25) is 0 Å². The third kappa shape index (κ3) is 5.09. The molecule has 0 bridgehead atoms. The lowest BCUT2D eigenvalue weighted by Gasteiger charge is -2.20. The number of rotatable bonds is 8. The molecule has 0 radical (unpaired) electrons. The standard InChI is InChI=1S/C21H25FN2O5S/c1-3-28-19-11-8-17(14-20(19)30(26,27)24-12-4-5-13-24)23-21(25)15(2)29-18-9-6-16(22)7-10-18/h6-11,14-15H,3-5,12-13H2,1-2H3,(H,23,25). The van der Waals surface area contributed by atoms with Crippen molar-refractivity contribution in [3.63, 3.8) is 0 Å². The van der Waals surface area contributed by atoms with Gasteiger partial charge in [0.15, 0.2) is 6.10 Å². The molecule has 2 aromatic carbocycles. The Labute approximate surface area is 175 Å². The zero-order chi connectivity index (χ0) is 21.7. The van der Waals surface area contributed by atoms with E-state index in [1.807, 2.05) is 0 Å². The van der Waals surface area contributed by atoms with E-state index in [9.17, 15) is 17.6 Å². The molecule has 2 aromatic rings. The van der Waals surface area contributed by atoms with Crippen LogP contribution in [0.5, 0.6) is 11.5 Å². The number of amides is 1. The molecule has 1 atom stereocenters. The smallest absolute Gasteiger partial charge is 0.265 e. The molecule has 1 heterocycles. The van der Waals surface area contributed by atoms with E-state index in [2.05, 4.69) is 5.32 Å². The molecule has 0 spiro atoms. The first-order valence-electron chi connectivity index (χ1n) is 9.81. The number of ether oxygens (including phenoxy) is 2. The van der Waals surface area contributed by atoms with Crippen LogP contribution in [-0.2, 0) is 14.8 Å². The summed E-state index contributed by atoms with van der Waals surface area (Å²) in [6.07, 6.45) is 0.760. The van der Waals surface area contributed by atoms with Crippen LogP contribution in [0.1, 0.15) is 26.7 Å². The van der Waals surface area contributed by atoms with Gasteiger partial charge in [-0.2, -0.15) is 4.31 Å². The highest BCUT2D eigenvalue weighted by Crippen LogP contribution is 2.31. The Morgan fingerprint density at radius 3 is 2.47 bits per heavy atom. The molecule has 7 nitrogen and oxygen atoms in total. The lowest BCUT2D eigenvalue weighted by Crippen LogP contribution is -2.31. The average Bonchev–Trinajstić information content (AvgIpc) is 3.26. The maximum Gasteiger partial charge on any atom is 0.265 e. The van der Waals surface area contributed by atoms with E-state index in [0.29, 0.717) is 31.1 Å². The van der Waals surface area contributed by atoms with Crippen LogP contribution < -0.4 is 14.8 Å². The van der Waals surface area contributed by atoms with Gasteiger partial charge in [-0.15, -0.1) is 0 Å². The molecule has 1 unspecified atom stereocenters. The molecule has 1 saturated heterocycles. The molecule has 9 heteroatoms. The van der Waals surface area contributed by atoms with Crippen molar-refractivity contribution in [2.75, 3.05) is 25.0 Å². The van der Waals surface area contributed by atoms with Crippen LogP contribution in [0.15, 0.2) is 47.4 Å². The topological polar surface area (TPSA) is 84.9 Å². The van der Waals surface area contributed by atoms with Crippen molar-refractivity contribution in [3.8, 4) is 11.5 Å². The molecule has 30 heavy (non-hydrogen) atoms. The number of carbonyl (C=O) groups excluding carboxylic acids is 1. The van der Waals surface area contributed by atoms with Crippen LogP contribution in [0.4, 0.5) is 10.1 Å². The van der Waals surface area contributed by atoms with Crippen LogP contribution in [0.3, 0.4) is 0 Å². The third-order valence-corrected chi connectivity index (χ3v) is 6.61. The fourth-order valence-corrected chi connectivity index (χ4v) is 4.82. The third-order valence-electron chi connectivity index (χ3n) is 4.69. The molecule has 0 aliphatic carbocycles. The zero-order valence-corrected chi connectivity index (χ0v) is 17.7. The number of benzene rings is 2. The Morgan fingerprint density at radius 2 is 1.83 bits per heavy atom. The van der Waals surface area contributed by atoms with Crippen LogP contribution >= 0.6 is 0 Å². The van der Waals surface area contributed by atoms with Gasteiger partial charge in [0.1, 0.15) is 22.2 Å². The van der Waals surface area contributed by atoms with Gasteiger partial charge in [-0.25, -0.2) is 12.8 Å². The fourth-order valence-electron chi connectivity index (χ4n) is 3.14. The summed E-state index contributed by atoms with van der Waals surface area (Å²) in [7, 11) is -3.73. The van der Waals surface area contributed by atoms with Gasteiger partial charge in [-0.1, -0.05) is 0 Å². The minimum absolute atomic E-state index is 0.0242. The Morgan fingerprint density at radius 1 is 1.17 bits per heavy atom. The lowest BCUT2D eigenvalue weighted by molar-refractivity contribution is -0.122. The summed E-state index contributed by atoms with van der Waals surface area (Å²) in [6.45, 7) is 4.57. The highest BCUT2D eigenvalue weighted by atomic mass is 32.2. The van der Waals surface area contributed by atoms with Gasteiger partial charge < -0.3 is 14.8 Å². The minimum Gasteiger partial charge on any atom is -0.492 e. The number of hydrogen-bond acceptors (Lipinski definition) is 5. The molecule has 0 aromatic heterocycles. The summed E-state index contributed by atoms with van der Waals surface area (Å²) in [6, 6.07) is 9.85. The first kappa shape index (κ1) is 22.0. The van der Waals surface area contributed by atoms with Gasteiger partial charge in [-0.3, -0.25) is 4.79 Å². The molecule has 0 saturated carbocycles. The molecule has 1 amide bonds. The predicted molar refractivity (Wildman–Crippen MR) is 111 cm³/mol. The monoisotopic (exact) mass is 436 g/mol. The predicted octanol–water partition coefficient (Wildman–Crippen LogP) is 3.41. The Kier molecular flexibility index (Phi) is 6.94. The average molecular weight is 437 g/mol. The molecule has 1 aliphatic rings. The molecule has 1 fully saturated rings. The first-order valence-corrected chi connectivity index (χ1v) is 11.3. The second-order valence-electron chi connectivity index (χ2n) is 6.91. The van der Waals surface area contributed by atoms with E-state index >= 15 is 0 Å². The number of anilines is 1. The normalized spacial score (nSPS) is 15.6. The van der Waals surface area contributed by atoms with Crippen molar-refractivity contribution in [2.24, 2.45) is 0 Å². The SMILES string of the molecule is CCOc1ccc(NC(=O)C(C)Oc2ccc(F)cc2)cc1S(=O)(=O)N1CCCC1. The van der Waals surface area contributed by atoms with Gasteiger partial charge in [0, 0.05) is 18.8 Å². The van der Waals surface area contributed by atoms with E-state index in [1.165, 1.54) is 40.7 Å². The van der Waals surface area contributed by atoms with E-state index < -0.39 is 27.9 Å². The Bertz CT molecular complexity index is 989. The molecule has 162 valence electrons. The summed E-state index contributed by atoms with van der Waals surface area (Å²) in [5, 5.41) is 2.67. The summed E-state index contributed by atoms with van der Waals surface area (Å²) in [5.41, 5.74) is 0.316. The van der Waals surface area contributed by atoms with E-state index in [-0.39, 0.29) is 10.6 Å². The van der Waals surface area contributed by atoms with E-state index in [0.717, 1.165) is 12.8 Å². The summed E-state index contributed by atoms with van der Waals surface area (Å²) in [5.74, 6) is -0.269. The number of hydrogen-bond donors (Lipinski definition) is 1. The summed E-state index contributed by atoms with van der Waals surface area (Å²) in [4.78, 5) is 12.5.